The van der Waals surface area contributed by atoms with E-state index < -0.39 is 17.9 Å². The maximum absolute atomic E-state index is 13.4. The Morgan fingerprint density at radius 1 is 1.28 bits per heavy atom. The number of nitriles is 1. The first-order valence-electron chi connectivity index (χ1n) is 9.53. The van der Waals surface area contributed by atoms with Gasteiger partial charge >= 0.3 is 12.1 Å². The van der Waals surface area contributed by atoms with Crippen LogP contribution >= 0.6 is 11.6 Å². The summed E-state index contributed by atoms with van der Waals surface area (Å²) in [5.74, 6) is -0.284. The van der Waals surface area contributed by atoms with Crippen molar-refractivity contribution in [1.29, 1.82) is 5.26 Å². The van der Waals surface area contributed by atoms with E-state index in [0.29, 0.717) is 16.5 Å². The number of carbonyl (C=O) groups is 2. The van der Waals surface area contributed by atoms with Gasteiger partial charge in [-0.15, -0.1) is 0 Å². The van der Waals surface area contributed by atoms with Crippen LogP contribution in [0.15, 0.2) is 48.7 Å². The van der Waals surface area contributed by atoms with E-state index >= 15 is 0 Å². The van der Waals surface area contributed by atoms with Crippen LogP contribution in [0, 0.1) is 17.1 Å². The molecule has 0 saturated carbocycles. The summed E-state index contributed by atoms with van der Waals surface area (Å²) in [6.45, 7) is 0.137. The standard InChI is InChI=1S/C22H19ClFN5O3/c1-29(21(30)27-12-16-6-3-7-18(24)20(16)23)8-9-32-22(31)28-19-10-14-4-2-5-15(11-25)17(14)13-26-19/h2-7,10,13H,8-9,12H2,1H3,(H,27,30)(H,26,28,31). The Bertz CT molecular complexity index is 1200. The van der Waals surface area contributed by atoms with Crippen LogP contribution in [0.2, 0.25) is 5.02 Å². The van der Waals surface area contributed by atoms with Crippen molar-refractivity contribution in [2.75, 3.05) is 25.5 Å². The monoisotopic (exact) mass is 455 g/mol. The third-order valence-electron chi connectivity index (χ3n) is 4.58. The van der Waals surface area contributed by atoms with Gasteiger partial charge in [-0.1, -0.05) is 35.9 Å². The summed E-state index contributed by atoms with van der Waals surface area (Å²) in [7, 11) is 1.53. The number of halogens is 2. The zero-order valence-electron chi connectivity index (χ0n) is 17.1. The van der Waals surface area contributed by atoms with Crippen LogP contribution in [0.5, 0.6) is 0 Å². The van der Waals surface area contributed by atoms with Crippen molar-refractivity contribution in [3.63, 3.8) is 0 Å². The summed E-state index contributed by atoms with van der Waals surface area (Å²) in [6, 6.07) is 12.9. The zero-order valence-corrected chi connectivity index (χ0v) is 17.8. The SMILES string of the molecule is CN(CCOC(=O)Nc1cc2cccc(C#N)c2cn1)C(=O)NCc1cccc(F)c1Cl. The van der Waals surface area contributed by atoms with E-state index in [1.807, 2.05) is 0 Å². The lowest BCUT2D eigenvalue weighted by molar-refractivity contribution is 0.146. The Balaban J connectivity index is 1.45. The number of aromatic nitrogens is 1. The summed E-state index contributed by atoms with van der Waals surface area (Å²) < 4.78 is 18.5. The Hall–Kier alpha value is -3.90. The summed E-state index contributed by atoms with van der Waals surface area (Å²) in [5, 5.41) is 15.6. The second-order valence-electron chi connectivity index (χ2n) is 6.76. The number of amides is 3. The van der Waals surface area contributed by atoms with Gasteiger partial charge in [-0.05, 0) is 29.1 Å². The summed E-state index contributed by atoms with van der Waals surface area (Å²) in [6.07, 6.45) is 0.778. The molecule has 0 aliphatic carbocycles. The van der Waals surface area contributed by atoms with Gasteiger partial charge in [-0.3, -0.25) is 5.32 Å². The number of carbonyl (C=O) groups excluding carboxylic acids is 2. The van der Waals surface area contributed by atoms with Gasteiger partial charge in [-0.2, -0.15) is 5.26 Å². The fourth-order valence-corrected chi connectivity index (χ4v) is 3.04. The number of hydrogen-bond acceptors (Lipinski definition) is 5. The molecule has 0 fully saturated rings. The largest absolute Gasteiger partial charge is 0.447 e. The fourth-order valence-electron chi connectivity index (χ4n) is 2.85. The Morgan fingerprint density at radius 3 is 2.84 bits per heavy atom. The van der Waals surface area contributed by atoms with Gasteiger partial charge in [0.2, 0.25) is 0 Å². The van der Waals surface area contributed by atoms with Gasteiger partial charge < -0.3 is 15.0 Å². The van der Waals surface area contributed by atoms with Gasteiger partial charge in [0.15, 0.2) is 0 Å². The van der Waals surface area contributed by atoms with E-state index in [0.717, 1.165) is 5.39 Å². The molecule has 0 unspecified atom stereocenters. The number of anilines is 1. The maximum atomic E-state index is 13.4. The number of likely N-dealkylation sites (N-methyl/N-ethyl adjacent to an activating group) is 1. The zero-order chi connectivity index (χ0) is 23.1. The molecule has 0 aliphatic rings. The number of nitrogens with zero attached hydrogens (tertiary/aromatic N) is 3. The molecule has 1 heterocycles. The minimum absolute atomic E-state index is 0.0402. The lowest BCUT2D eigenvalue weighted by Gasteiger charge is -2.18. The van der Waals surface area contributed by atoms with Crippen molar-refractivity contribution in [1.82, 2.24) is 15.2 Å². The number of nitrogens with one attached hydrogen (secondary N) is 2. The molecule has 1 aromatic heterocycles. The van der Waals surface area contributed by atoms with Crippen LogP contribution in [0.25, 0.3) is 10.8 Å². The smallest absolute Gasteiger partial charge is 0.412 e. The van der Waals surface area contributed by atoms with Crippen LogP contribution in [0.4, 0.5) is 19.8 Å². The number of fused-ring (bicyclic) bond motifs is 1. The first-order valence-corrected chi connectivity index (χ1v) is 9.91. The Morgan fingerprint density at radius 2 is 2.06 bits per heavy atom. The molecule has 2 aromatic carbocycles. The van der Waals surface area contributed by atoms with E-state index in [4.69, 9.17) is 21.6 Å². The Kier molecular flexibility index (Phi) is 7.41. The molecule has 0 aliphatic heterocycles. The third-order valence-corrected chi connectivity index (χ3v) is 5.01. The number of rotatable bonds is 6. The second-order valence-corrected chi connectivity index (χ2v) is 7.14. The molecule has 0 spiro atoms. The predicted molar refractivity (Wildman–Crippen MR) is 118 cm³/mol. The van der Waals surface area contributed by atoms with Crippen molar-refractivity contribution in [2.24, 2.45) is 0 Å². The molecular formula is C22H19ClFN5O3. The van der Waals surface area contributed by atoms with E-state index in [-0.39, 0.29) is 30.5 Å². The van der Waals surface area contributed by atoms with Gasteiger partial charge in [0.1, 0.15) is 18.2 Å². The number of ether oxygens (including phenoxy) is 1. The van der Waals surface area contributed by atoms with E-state index in [9.17, 15) is 14.0 Å². The molecule has 3 amide bonds. The molecule has 164 valence electrons. The molecule has 0 bridgehead atoms. The number of benzene rings is 2. The minimum Gasteiger partial charge on any atom is -0.447 e. The quantitative estimate of drug-likeness (QED) is 0.576. The van der Waals surface area contributed by atoms with Crippen molar-refractivity contribution in [3.8, 4) is 6.07 Å². The molecule has 3 aromatic rings. The van der Waals surface area contributed by atoms with Gasteiger partial charge in [0.25, 0.3) is 0 Å². The van der Waals surface area contributed by atoms with Gasteiger partial charge in [0, 0.05) is 25.2 Å². The average Bonchev–Trinajstić information content (AvgIpc) is 2.79. The third kappa shape index (κ3) is 5.62. The normalized spacial score (nSPS) is 10.3. The molecule has 0 radical (unpaired) electrons. The van der Waals surface area contributed by atoms with Crippen LogP contribution in [0.3, 0.4) is 0 Å². The van der Waals surface area contributed by atoms with Crippen molar-refractivity contribution in [2.45, 2.75) is 6.54 Å². The molecule has 3 rings (SSSR count). The summed E-state index contributed by atoms with van der Waals surface area (Å²) in [5.41, 5.74) is 0.943. The highest BCUT2D eigenvalue weighted by Crippen LogP contribution is 2.20. The minimum atomic E-state index is -0.728. The topological polar surface area (TPSA) is 107 Å². The van der Waals surface area contributed by atoms with E-state index in [2.05, 4.69) is 21.7 Å². The van der Waals surface area contributed by atoms with Crippen LogP contribution in [0.1, 0.15) is 11.1 Å². The van der Waals surface area contributed by atoms with E-state index in [1.54, 1.807) is 30.3 Å². The molecular weight excluding hydrogens is 437 g/mol. The molecule has 2 N–H and O–H groups in total. The van der Waals surface area contributed by atoms with Crippen molar-refractivity contribution < 1.29 is 18.7 Å². The number of urea groups is 1. The lowest BCUT2D eigenvalue weighted by atomic mass is 10.1. The second kappa shape index (κ2) is 10.4. The lowest BCUT2D eigenvalue weighted by Crippen LogP contribution is -2.39. The highest BCUT2D eigenvalue weighted by Gasteiger charge is 2.12. The molecule has 0 saturated heterocycles. The molecule has 32 heavy (non-hydrogen) atoms. The molecule has 0 atom stereocenters. The van der Waals surface area contributed by atoms with Crippen LogP contribution in [-0.4, -0.2) is 42.2 Å². The Labute approximate surface area is 188 Å². The van der Waals surface area contributed by atoms with Gasteiger partial charge in [0.05, 0.1) is 23.2 Å². The van der Waals surface area contributed by atoms with Crippen molar-refractivity contribution >= 4 is 40.3 Å². The van der Waals surface area contributed by atoms with Crippen molar-refractivity contribution in [3.05, 3.63) is 70.6 Å². The number of hydrogen-bond donors (Lipinski definition) is 2. The molecule has 10 heteroatoms. The average molecular weight is 456 g/mol. The highest BCUT2D eigenvalue weighted by atomic mass is 35.5. The van der Waals surface area contributed by atoms with Crippen LogP contribution < -0.4 is 10.6 Å². The summed E-state index contributed by atoms with van der Waals surface area (Å²) in [4.78, 5) is 29.6. The maximum Gasteiger partial charge on any atom is 0.412 e. The molecule has 8 nitrogen and oxygen atoms in total. The van der Waals surface area contributed by atoms with E-state index in [1.165, 1.54) is 30.3 Å². The predicted octanol–water partition coefficient (Wildman–Crippen LogP) is 4.29. The number of pyridine rings is 1. The first-order chi connectivity index (χ1) is 15.4. The van der Waals surface area contributed by atoms with Gasteiger partial charge in [-0.25, -0.2) is 19.0 Å². The van der Waals surface area contributed by atoms with Crippen LogP contribution in [-0.2, 0) is 11.3 Å². The first kappa shape index (κ1) is 22.8. The summed E-state index contributed by atoms with van der Waals surface area (Å²) >= 11 is 5.86. The highest BCUT2D eigenvalue weighted by molar-refractivity contribution is 6.31. The fraction of sp³-hybridized carbons (Fsp3) is 0.182.